The molecule has 7 aliphatic rings. The Bertz CT molecular complexity index is 2500. The van der Waals surface area contributed by atoms with Crippen molar-refractivity contribution in [2.24, 2.45) is 17.3 Å². The molecule has 1 aromatic heterocycles. The van der Waals surface area contributed by atoms with Gasteiger partial charge in [0.15, 0.2) is 0 Å². The molecule has 5 saturated heterocycles. The number of H-pyrrole nitrogens is 1. The van der Waals surface area contributed by atoms with Gasteiger partial charge in [0.05, 0.1) is 41.7 Å². The summed E-state index contributed by atoms with van der Waals surface area (Å²) >= 11 is 0. The van der Waals surface area contributed by atoms with Gasteiger partial charge in [0.1, 0.15) is 17.6 Å². The first kappa shape index (κ1) is 42.1. The predicted molar refractivity (Wildman–Crippen MR) is 245 cm³/mol. The maximum atomic E-state index is 16.4. The number of hydrogen-bond acceptors (Lipinski definition) is 10. The smallest absolute Gasteiger partial charge is 0.255 e. The summed E-state index contributed by atoms with van der Waals surface area (Å²) in [7, 11) is 1.66. The highest BCUT2D eigenvalue weighted by atomic mass is 19.1. The molecular formula is C50H60FN9O5. The third-order valence-electron chi connectivity index (χ3n) is 16.2. The number of piperidine rings is 3. The number of aromatic amines is 1. The predicted octanol–water partition coefficient (Wildman–Crippen LogP) is 5.87. The SMILES string of the molecule is COc1cc(N2CCC(CN3CCN(CC4CCN(c5ccc6c(c5)CN(C5CCC(=O)NC5=O)C6=O)CC4)CC3)CC2)c(F)cc1[C@@H]1N(c2cccc3[nH]ncc23)C(=O)C12CCCC2. The number of hydrogen-bond donors (Lipinski definition) is 2. The third kappa shape index (κ3) is 7.52. The van der Waals surface area contributed by atoms with Gasteiger partial charge >= 0.3 is 0 Å². The van der Waals surface area contributed by atoms with E-state index in [0.717, 1.165) is 150 Å². The fraction of sp³-hybridized carbons (Fsp3) is 0.540. The van der Waals surface area contributed by atoms with Crippen LogP contribution in [0.5, 0.6) is 5.75 Å². The second-order valence-electron chi connectivity index (χ2n) is 19.8. The number of nitrogens with zero attached hydrogens (tertiary/aromatic N) is 7. The Morgan fingerprint density at radius 1 is 0.800 bits per heavy atom. The fourth-order valence-electron chi connectivity index (χ4n) is 12.6. The lowest BCUT2D eigenvalue weighted by atomic mass is 9.66. The molecule has 6 fully saturated rings. The lowest BCUT2D eigenvalue weighted by molar-refractivity contribution is -0.140. The fourth-order valence-corrected chi connectivity index (χ4v) is 12.6. The van der Waals surface area contributed by atoms with Crippen LogP contribution in [0.15, 0.2) is 54.7 Å². The number of nitrogens with one attached hydrogen (secondary N) is 2. The first-order valence-corrected chi connectivity index (χ1v) is 24.0. The third-order valence-corrected chi connectivity index (χ3v) is 16.2. The number of halogens is 1. The van der Waals surface area contributed by atoms with Crippen molar-refractivity contribution in [2.75, 3.05) is 87.3 Å². The molecule has 4 amide bonds. The lowest BCUT2D eigenvalue weighted by Gasteiger charge is -2.55. The molecule has 0 bridgehead atoms. The summed E-state index contributed by atoms with van der Waals surface area (Å²) < 4.78 is 22.5. The summed E-state index contributed by atoms with van der Waals surface area (Å²) in [5.74, 6) is 0.949. The molecule has 2 N–H and O–H groups in total. The van der Waals surface area contributed by atoms with Gasteiger partial charge in [-0.25, -0.2) is 4.39 Å². The van der Waals surface area contributed by atoms with Crippen LogP contribution in [0.2, 0.25) is 0 Å². The minimum absolute atomic E-state index is 0.110. The molecule has 1 spiro atoms. The highest BCUT2D eigenvalue weighted by Crippen LogP contribution is 2.62. The number of β-lactam (4-membered cyclic amide) rings is 1. The Morgan fingerprint density at radius 2 is 1.49 bits per heavy atom. The van der Waals surface area contributed by atoms with Crippen molar-refractivity contribution in [1.82, 2.24) is 30.2 Å². The van der Waals surface area contributed by atoms with E-state index >= 15 is 4.39 Å². The van der Waals surface area contributed by atoms with E-state index in [1.807, 2.05) is 41.3 Å². The maximum Gasteiger partial charge on any atom is 0.255 e. The number of piperazine rings is 1. The molecule has 1 unspecified atom stereocenters. The van der Waals surface area contributed by atoms with Crippen LogP contribution in [0.25, 0.3) is 10.9 Å². The van der Waals surface area contributed by atoms with Crippen LogP contribution >= 0.6 is 0 Å². The summed E-state index contributed by atoms with van der Waals surface area (Å²) in [5.41, 5.74) is 5.20. The zero-order chi connectivity index (χ0) is 44.4. The molecule has 14 nitrogen and oxygen atoms in total. The number of carbonyl (C=O) groups is 4. The Hall–Kier alpha value is -5.54. The molecule has 1 saturated carbocycles. The lowest BCUT2D eigenvalue weighted by Crippen LogP contribution is -2.62. The first-order valence-electron chi connectivity index (χ1n) is 24.0. The van der Waals surface area contributed by atoms with Gasteiger partial charge in [-0.3, -0.25) is 29.6 Å². The Kier molecular flexibility index (Phi) is 11.0. The summed E-state index contributed by atoms with van der Waals surface area (Å²) in [6, 6.07) is 14.6. The molecule has 2 atom stereocenters. The van der Waals surface area contributed by atoms with Crippen molar-refractivity contribution in [3.63, 3.8) is 0 Å². The average molecular weight is 886 g/mol. The highest BCUT2D eigenvalue weighted by Gasteiger charge is 2.63. The van der Waals surface area contributed by atoms with Crippen molar-refractivity contribution in [3.05, 3.63) is 77.2 Å². The zero-order valence-corrected chi connectivity index (χ0v) is 37.4. The molecule has 0 radical (unpaired) electrons. The number of fused-ring (bicyclic) bond motifs is 2. The van der Waals surface area contributed by atoms with Gasteiger partial charge in [-0.1, -0.05) is 18.9 Å². The molecule has 65 heavy (non-hydrogen) atoms. The van der Waals surface area contributed by atoms with Gasteiger partial charge < -0.3 is 34.1 Å². The van der Waals surface area contributed by atoms with Crippen LogP contribution in [0.4, 0.5) is 21.5 Å². The number of rotatable bonds is 10. The molecule has 7 heterocycles. The molecule has 15 heteroatoms. The molecule has 3 aromatic carbocycles. The molecule has 4 aromatic rings. The van der Waals surface area contributed by atoms with Crippen molar-refractivity contribution < 1.29 is 28.3 Å². The Morgan fingerprint density at radius 3 is 2.17 bits per heavy atom. The number of carbonyl (C=O) groups excluding carboxylic acids is 4. The number of amides is 4. The molecule has 6 aliphatic heterocycles. The minimum Gasteiger partial charge on any atom is -0.496 e. The van der Waals surface area contributed by atoms with Crippen molar-refractivity contribution >= 4 is 51.6 Å². The van der Waals surface area contributed by atoms with E-state index in [-0.39, 0.29) is 41.9 Å². The molecule has 342 valence electrons. The number of ether oxygens (including phenoxy) is 1. The Balaban J connectivity index is 0.652. The highest BCUT2D eigenvalue weighted by molar-refractivity contribution is 6.11. The summed E-state index contributed by atoms with van der Waals surface area (Å²) in [6.45, 7) is 10.5. The topological polar surface area (TPSA) is 138 Å². The quantitative estimate of drug-likeness (QED) is 0.147. The number of aromatic nitrogens is 2. The normalized spacial score (nSPS) is 24.6. The van der Waals surface area contributed by atoms with Crippen LogP contribution in [-0.4, -0.2) is 127 Å². The van der Waals surface area contributed by atoms with Crippen LogP contribution in [0, 0.1) is 23.1 Å². The van der Waals surface area contributed by atoms with Crippen LogP contribution < -0.4 is 24.8 Å². The first-order chi connectivity index (χ1) is 31.7. The number of anilines is 3. The second-order valence-corrected chi connectivity index (χ2v) is 19.8. The van der Waals surface area contributed by atoms with Gasteiger partial charge in [0.25, 0.3) is 5.91 Å². The molecule has 1 aliphatic carbocycles. The van der Waals surface area contributed by atoms with E-state index < -0.39 is 11.5 Å². The van der Waals surface area contributed by atoms with Crippen molar-refractivity contribution in [2.45, 2.75) is 82.8 Å². The number of imide groups is 1. The van der Waals surface area contributed by atoms with Crippen molar-refractivity contribution in [3.8, 4) is 5.75 Å². The minimum atomic E-state index is -0.596. The summed E-state index contributed by atoms with van der Waals surface area (Å²) in [4.78, 5) is 64.8. The van der Waals surface area contributed by atoms with E-state index in [0.29, 0.717) is 41.8 Å². The van der Waals surface area contributed by atoms with E-state index in [9.17, 15) is 19.2 Å². The van der Waals surface area contributed by atoms with Gasteiger partial charge in [0.2, 0.25) is 17.7 Å². The van der Waals surface area contributed by atoms with Crippen LogP contribution in [0.3, 0.4) is 0 Å². The van der Waals surface area contributed by atoms with E-state index in [2.05, 4.69) is 41.2 Å². The van der Waals surface area contributed by atoms with Gasteiger partial charge in [-0.2, -0.15) is 5.10 Å². The van der Waals surface area contributed by atoms with E-state index in [1.54, 1.807) is 24.3 Å². The summed E-state index contributed by atoms with van der Waals surface area (Å²) in [5, 5.41) is 10.5. The van der Waals surface area contributed by atoms with E-state index in [1.165, 1.54) is 0 Å². The maximum absolute atomic E-state index is 16.4. The monoisotopic (exact) mass is 885 g/mol. The Labute approximate surface area is 379 Å². The molecular weight excluding hydrogens is 826 g/mol. The molecule has 11 rings (SSSR count). The average Bonchev–Trinajstić information content (AvgIpc) is 4.10. The zero-order valence-electron chi connectivity index (χ0n) is 37.4. The van der Waals surface area contributed by atoms with Crippen LogP contribution in [-0.2, 0) is 20.9 Å². The number of methoxy groups -OCH3 is 1. The van der Waals surface area contributed by atoms with Crippen LogP contribution in [0.1, 0.15) is 91.7 Å². The summed E-state index contributed by atoms with van der Waals surface area (Å²) in [6.07, 6.45) is 10.3. The van der Waals surface area contributed by atoms with Gasteiger partial charge in [-0.15, -0.1) is 0 Å². The van der Waals surface area contributed by atoms with Gasteiger partial charge in [-0.05, 0) is 98.7 Å². The number of benzene rings is 3. The standard InChI is InChI=1S/C50H60FN9O5/c1-65-44-27-43(39(51)26-37(44)46-50(15-2-3-16-50)49(64)60(46)41-6-4-5-40-38(41)28-52-54-40)58-19-13-33(14-20-58)30-56-23-21-55(22-24-56)29-32-11-17-57(18-12-32)35-7-8-36-34(25-35)31-59(48(36)63)42-9-10-45(61)53-47(42)62/h4-8,25-28,32-33,42,46H,2-3,9-24,29-31H2,1H3,(H,52,54)(H,53,61,62)/t42?,46-/m0/s1. The van der Waals surface area contributed by atoms with Crippen molar-refractivity contribution in [1.29, 1.82) is 0 Å². The van der Waals surface area contributed by atoms with Gasteiger partial charge in [0, 0.05) is 107 Å². The van der Waals surface area contributed by atoms with E-state index in [4.69, 9.17) is 4.74 Å². The largest absolute Gasteiger partial charge is 0.496 e. The second kappa shape index (κ2) is 17.0.